The number of thiazole rings is 1. The normalized spacial score (nSPS) is 19.2. The lowest BCUT2D eigenvalue weighted by molar-refractivity contribution is 0.198. The van der Waals surface area contributed by atoms with Gasteiger partial charge in [0.05, 0.1) is 5.69 Å². The van der Waals surface area contributed by atoms with Crippen molar-refractivity contribution in [1.29, 1.82) is 0 Å². The number of sulfonamides is 1. The summed E-state index contributed by atoms with van der Waals surface area (Å²) < 4.78 is 26.9. The van der Waals surface area contributed by atoms with E-state index in [-0.39, 0.29) is 10.3 Å². The summed E-state index contributed by atoms with van der Waals surface area (Å²) >= 11 is 1.04. The van der Waals surface area contributed by atoms with Crippen LogP contribution in [0.25, 0.3) is 0 Å². The molecule has 0 spiro atoms. The number of anilines is 1. The third-order valence-electron chi connectivity index (χ3n) is 3.59. The maximum Gasteiger partial charge on any atom is 0.254 e. The zero-order valence-electron chi connectivity index (χ0n) is 11.5. The van der Waals surface area contributed by atoms with Crippen LogP contribution in [0.2, 0.25) is 0 Å². The van der Waals surface area contributed by atoms with Crippen molar-refractivity contribution in [1.82, 2.24) is 14.2 Å². The molecular formula is C11H20N4O2S2. The summed E-state index contributed by atoms with van der Waals surface area (Å²) in [7, 11) is 0.233. The number of aryl methyl sites for hydroxylation is 1. The maximum absolute atomic E-state index is 12.6. The topological polar surface area (TPSA) is 79.5 Å². The van der Waals surface area contributed by atoms with Crippen molar-refractivity contribution in [3.8, 4) is 0 Å². The van der Waals surface area contributed by atoms with Crippen LogP contribution in [0.3, 0.4) is 0 Å². The van der Waals surface area contributed by atoms with E-state index in [2.05, 4.69) is 16.9 Å². The van der Waals surface area contributed by atoms with E-state index in [0.717, 1.165) is 37.3 Å². The lowest BCUT2D eigenvalue weighted by Crippen LogP contribution is -2.44. The van der Waals surface area contributed by atoms with Gasteiger partial charge in [0.2, 0.25) is 0 Å². The second-order valence-corrected chi connectivity index (χ2v) is 8.20. The van der Waals surface area contributed by atoms with Gasteiger partial charge in [-0.05, 0) is 39.9 Å². The van der Waals surface area contributed by atoms with Crippen LogP contribution in [0.1, 0.15) is 18.5 Å². The third kappa shape index (κ3) is 2.91. The molecule has 8 heteroatoms. The van der Waals surface area contributed by atoms with Crippen LogP contribution in [0, 0.1) is 6.92 Å². The Bertz CT molecular complexity index is 547. The smallest absolute Gasteiger partial charge is 0.254 e. The predicted molar refractivity (Wildman–Crippen MR) is 76.7 cm³/mol. The number of hydrogen-bond acceptors (Lipinski definition) is 6. The molecule has 6 nitrogen and oxygen atoms in total. The Balaban J connectivity index is 2.22. The molecule has 2 heterocycles. The van der Waals surface area contributed by atoms with Gasteiger partial charge in [-0.15, -0.1) is 0 Å². The SMILES string of the molecule is Cc1nc(N)sc1S(=O)(=O)N(C)C1CCN(C)CC1. The summed E-state index contributed by atoms with van der Waals surface area (Å²) in [6.07, 6.45) is 1.72. The fourth-order valence-corrected chi connectivity index (χ4v) is 5.21. The Labute approximate surface area is 118 Å². The minimum absolute atomic E-state index is 0.0592. The molecule has 1 aliphatic heterocycles. The highest BCUT2D eigenvalue weighted by Gasteiger charge is 2.32. The molecule has 0 amide bonds. The highest BCUT2D eigenvalue weighted by atomic mass is 32.2. The number of likely N-dealkylation sites (tertiary alicyclic amines) is 1. The summed E-state index contributed by atoms with van der Waals surface area (Å²) in [5, 5.41) is 0.299. The lowest BCUT2D eigenvalue weighted by Gasteiger charge is -2.34. The van der Waals surface area contributed by atoms with Gasteiger partial charge < -0.3 is 10.6 Å². The molecule has 0 atom stereocenters. The maximum atomic E-state index is 12.6. The van der Waals surface area contributed by atoms with Crippen LogP contribution in [0.15, 0.2) is 4.21 Å². The highest BCUT2D eigenvalue weighted by Crippen LogP contribution is 2.29. The van der Waals surface area contributed by atoms with Gasteiger partial charge in [-0.2, -0.15) is 4.31 Å². The van der Waals surface area contributed by atoms with Gasteiger partial charge in [0.25, 0.3) is 10.0 Å². The number of aromatic nitrogens is 1. The molecule has 0 bridgehead atoms. The first-order valence-electron chi connectivity index (χ1n) is 6.22. The van der Waals surface area contributed by atoms with Crippen molar-refractivity contribution in [2.45, 2.75) is 30.0 Å². The van der Waals surface area contributed by atoms with Crippen LogP contribution in [-0.2, 0) is 10.0 Å². The average Bonchev–Trinajstić information content (AvgIpc) is 2.69. The summed E-state index contributed by atoms with van der Waals surface area (Å²) in [5.41, 5.74) is 6.08. The molecular weight excluding hydrogens is 284 g/mol. The van der Waals surface area contributed by atoms with Gasteiger partial charge in [0, 0.05) is 13.1 Å². The summed E-state index contributed by atoms with van der Waals surface area (Å²) in [4.78, 5) is 6.21. The number of nitrogen functional groups attached to an aromatic ring is 1. The van der Waals surface area contributed by atoms with Crippen LogP contribution < -0.4 is 5.73 Å². The predicted octanol–water partition coefficient (Wildman–Crippen LogP) is 0.748. The Morgan fingerprint density at radius 1 is 1.42 bits per heavy atom. The molecule has 1 fully saturated rings. The van der Waals surface area contributed by atoms with E-state index in [0.29, 0.717) is 10.8 Å². The Morgan fingerprint density at radius 3 is 2.47 bits per heavy atom. The Kier molecular flexibility index (Phi) is 4.14. The molecule has 0 aliphatic carbocycles. The monoisotopic (exact) mass is 304 g/mol. The van der Waals surface area contributed by atoms with Gasteiger partial charge in [-0.25, -0.2) is 13.4 Å². The van der Waals surface area contributed by atoms with E-state index in [1.165, 1.54) is 4.31 Å². The summed E-state index contributed by atoms with van der Waals surface area (Å²) in [5.74, 6) is 0. The number of nitrogens with two attached hydrogens (primary N) is 1. The van der Waals surface area contributed by atoms with Crippen molar-refractivity contribution < 1.29 is 8.42 Å². The minimum Gasteiger partial charge on any atom is -0.375 e. The first-order valence-corrected chi connectivity index (χ1v) is 8.47. The van der Waals surface area contributed by atoms with E-state index in [1.807, 2.05) is 0 Å². The molecule has 1 aromatic rings. The molecule has 2 N–H and O–H groups in total. The van der Waals surface area contributed by atoms with Gasteiger partial charge in [0.15, 0.2) is 9.34 Å². The average molecular weight is 304 g/mol. The van der Waals surface area contributed by atoms with Crippen molar-refractivity contribution in [2.75, 3.05) is 32.9 Å². The second kappa shape index (κ2) is 5.35. The summed E-state index contributed by atoms with van der Waals surface area (Å²) in [6.45, 7) is 3.53. The van der Waals surface area contributed by atoms with Crippen LogP contribution in [-0.4, -0.2) is 55.8 Å². The fourth-order valence-electron chi connectivity index (χ4n) is 2.33. The molecule has 0 aromatic carbocycles. The molecule has 1 aromatic heterocycles. The quantitative estimate of drug-likeness (QED) is 0.891. The molecule has 0 unspecified atom stereocenters. The van der Waals surface area contributed by atoms with Crippen molar-refractivity contribution in [3.63, 3.8) is 0 Å². The van der Waals surface area contributed by atoms with Crippen LogP contribution >= 0.6 is 11.3 Å². The van der Waals surface area contributed by atoms with E-state index in [4.69, 9.17) is 5.73 Å². The van der Waals surface area contributed by atoms with Crippen LogP contribution in [0.4, 0.5) is 5.13 Å². The molecule has 108 valence electrons. The Hall–Kier alpha value is -0.700. The standard InChI is InChI=1S/C11H20N4O2S2/c1-8-10(18-11(12)13-8)19(16,17)15(3)9-4-6-14(2)7-5-9/h9H,4-7H2,1-3H3,(H2,12,13). The van der Waals surface area contributed by atoms with E-state index >= 15 is 0 Å². The number of piperidine rings is 1. The van der Waals surface area contributed by atoms with E-state index in [1.54, 1.807) is 14.0 Å². The lowest BCUT2D eigenvalue weighted by atomic mass is 10.1. The molecule has 1 saturated heterocycles. The molecule has 2 rings (SSSR count). The van der Waals surface area contributed by atoms with Crippen molar-refractivity contribution in [3.05, 3.63) is 5.69 Å². The van der Waals surface area contributed by atoms with Gasteiger partial charge >= 0.3 is 0 Å². The van der Waals surface area contributed by atoms with Gasteiger partial charge in [0.1, 0.15) is 0 Å². The van der Waals surface area contributed by atoms with Crippen LogP contribution in [0.5, 0.6) is 0 Å². The molecule has 1 aliphatic rings. The molecule has 19 heavy (non-hydrogen) atoms. The highest BCUT2D eigenvalue weighted by molar-refractivity contribution is 7.91. The largest absolute Gasteiger partial charge is 0.375 e. The number of nitrogens with zero attached hydrogens (tertiary/aromatic N) is 3. The fraction of sp³-hybridized carbons (Fsp3) is 0.727. The first-order chi connectivity index (χ1) is 8.82. The van der Waals surface area contributed by atoms with E-state index in [9.17, 15) is 8.42 Å². The van der Waals surface area contributed by atoms with Gasteiger partial charge in [-0.3, -0.25) is 0 Å². The van der Waals surface area contributed by atoms with Gasteiger partial charge in [-0.1, -0.05) is 11.3 Å². The third-order valence-corrected chi connectivity index (χ3v) is 7.07. The molecule has 0 saturated carbocycles. The van der Waals surface area contributed by atoms with E-state index < -0.39 is 10.0 Å². The molecule has 0 radical (unpaired) electrons. The Morgan fingerprint density at radius 2 is 2.00 bits per heavy atom. The number of rotatable bonds is 3. The van der Waals surface area contributed by atoms with Crippen molar-refractivity contribution in [2.24, 2.45) is 0 Å². The minimum atomic E-state index is -3.48. The first kappa shape index (κ1) is 14.7. The summed E-state index contributed by atoms with van der Waals surface area (Å²) in [6, 6.07) is 0.0592. The zero-order chi connectivity index (χ0) is 14.2. The number of hydrogen-bond donors (Lipinski definition) is 1. The zero-order valence-corrected chi connectivity index (χ0v) is 13.1. The second-order valence-electron chi connectivity index (χ2n) is 4.98. The van der Waals surface area contributed by atoms with Crippen molar-refractivity contribution >= 4 is 26.5 Å².